The SMILES string of the molecule is CN1CCN(C(CNC(=O)C(=O)Nc2ccccc2C#N)c2ccc3c(c2)CCCN3C)CC1. The van der Waals surface area contributed by atoms with Crippen LogP contribution in [0.15, 0.2) is 42.5 Å². The molecule has 0 spiro atoms. The lowest BCUT2D eigenvalue weighted by molar-refractivity contribution is -0.136. The van der Waals surface area contributed by atoms with Crippen molar-refractivity contribution in [2.45, 2.75) is 18.9 Å². The molecule has 0 bridgehead atoms. The van der Waals surface area contributed by atoms with Crippen LogP contribution in [0.2, 0.25) is 0 Å². The number of likely N-dealkylation sites (N-methyl/N-ethyl adjacent to an activating group) is 1. The molecule has 1 unspecified atom stereocenters. The van der Waals surface area contributed by atoms with Gasteiger partial charge in [-0.15, -0.1) is 0 Å². The summed E-state index contributed by atoms with van der Waals surface area (Å²) in [6.45, 7) is 5.12. The quantitative estimate of drug-likeness (QED) is 0.663. The summed E-state index contributed by atoms with van der Waals surface area (Å²) < 4.78 is 0. The van der Waals surface area contributed by atoms with E-state index in [9.17, 15) is 14.9 Å². The summed E-state index contributed by atoms with van der Waals surface area (Å²) in [5.41, 5.74) is 4.42. The van der Waals surface area contributed by atoms with Gasteiger partial charge in [-0.05, 0) is 49.2 Å². The summed E-state index contributed by atoms with van der Waals surface area (Å²) in [5.74, 6) is -1.48. The molecule has 2 amide bonds. The number of nitrogens with one attached hydrogen (secondary N) is 2. The Morgan fingerprint density at radius 2 is 1.79 bits per heavy atom. The third-order valence-corrected chi connectivity index (χ3v) is 6.78. The van der Waals surface area contributed by atoms with Crippen molar-refractivity contribution >= 4 is 23.2 Å². The summed E-state index contributed by atoms with van der Waals surface area (Å²) in [6.07, 6.45) is 2.18. The molecule has 178 valence electrons. The number of piperazine rings is 1. The first-order valence-electron chi connectivity index (χ1n) is 11.8. The second-order valence-electron chi connectivity index (χ2n) is 9.09. The Morgan fingerprint density at radius 3 is 2.56 bits per heavy atom. The molecule has 0 radical (unpaired) electrons. The minimum Gasteiger partial charge on any atom is -0.374 e. The first kappa shape index (κ1) is 23.7. The van der Waals surface area contributed by atoms with Gasteiger partial charge in [-0.25, -0.2) is 0 Å². The Labute approximate surface area is 201 Å². The fraction of sp³-hybridized carbons (Fsp3) is 0.423. The van der Waals surface area contributed by atoms with Crippen molar-refractivity contribution in [2.75, 3.05) is 63.6 Å². The minimum atomic E-state index is -0.771. The lowest BCUT2D eigenvalue weighted by atomic mass is 9.95. The molecule has 4 rings (SSSR count). The van der Waals surface area contributed by atoms with E-state index in [4.69, 9.17) is 0 Å². The van der Waals surface area contributed by atoms with Crippen LogP contribution in [-0.2, 0) is 16.0 Å². The van der Waals surface area contributed by atoms with Crippen LogP contribution in [0.1, 0.15) is 29.2 Å². The zero-order valence-corrected chi connectivity index (χ0v) is 19.9. The summed E-state index contributed by atoms with van der Waals surface area (Å²) in [4.78, 5) is 32.1. The highest BCUT2D eigenvalue weighted by Crippen LogP contribution is 2.31. The maximum atomic E-state index is 12.7. The second-order valence-corrected chi connectivity index (χ2v) is 9.09. The normalized spacial score (nSPS) is 17.4. The van der Waals surface area contributed by atoms with Crippen molar-refractivity contribution < 1.29 is 9.59 Å². The largest absolute Gasteiger partial charge is 0.374 e. The average Bonchev–Trinajstić information content (AvgIpc) is 2.85. The van der Waals surface area contributed by atoms with Crippen LogP contribution >= 0.6 is 0 Å². The molecular weight excluding hydrogens is 428 g/mol. The molecule has 34 heavy (non-hydrogen) atoms. The van der Waals surface area contributed by atoms with Crippen molar-refractivity contribution in [3.63, 3.8) is 0 Å². The van der Waals surface area contributed by atoms with Gasteiger partial charge < -0.3 is 20.4 Å². The van der Waals surface area contributed by atoms with Crippen molar-refractivity contribution in [3.05, 3.63) is 59.2 Å². The zero-order valence-electron chi connectivity index (χ0n) is 19.9. The Kier molecular flexibility index (Phi) is 7.46. The summed E-state index contributed by atoms with van der Waals surface area (Å²) >= 11 is 0. The number of para-hydroxylation sites is 1. The molecule has 2 aliphatic rings. The lowest BCUT2D eigenvalue weighted by Crippen LogP contribution is -2.49. The predicted octanol–water partition coefficient (Wildman–Crippen LogP) is 1.98. The van der Waals surface area contributed by atoms with Gasteiger partial charge in [0.05, 0.1) is 17.3 Å². The standard InChI is InChI=1S/C26H32N6O2/c1-30-12-14-32(15-13-30)24(20-9-10-23-19(16-20)7-5-11-31(23)2)18-28-25(33)26(34)29-22-8-4-3-6-21(22)17-27/h3-4,6,8-10,16,24H,5,7,11-15,18H2,1-2H3,(H,28,33)(H,29,34). The van der Waals surface area contributed by atoms with Crippen LogP contribution in [0.25, 0.3) is 0 Å². The first-order valence-corrected chi connectivity index (χ1v) is 11.8. The minimum absolute atomic E-state index is 0.0191. The fourth-order valence-electron chi connectivity index (χ4n) is 4.74. The van der Waals surface area contributed by atoms with E-state index in [1.807, 2.05) is 6.07 Å². The number of fused-ring (bicyclic) bond motifs is 1. The Bertz CT molecular complexity index is 1090. The second kappa shape index (κ2) is 10.7. The molecule has 2 aromatic rings. The molecule has 0 saturated carbocycles. The van der Waals surface area contributed by atoms with Crippen molar-refractivity contribution in [2.24, 2.45) is 0 Å². The van der Waals surface area contributed by atoms with E-state index in [2.05, 4.69) is 57.6 Å². The maximum Gasteiger partial charge on any atom is 0.313 e. The van der Waals surface area contributed by atoms with Gasteiger partial charge in [-0.1, -0.05) is 24.3 Å². The third kappa shape index (κ3) is 5.38. The van der Waals surface area contributed by atoms with Crippen molar-refractivity contribution in [1.82, 2.24) is 15.1 Å². The van der Waals surface area contributed by atoms with Crippen molar-refractivity contribution in [3.8, 4) is 6.07 Å². The van der Waals surface area contributed by atoms with Crippen LogP contribution in [0.5, 0.6) is 0 Å². The number of benzene rings is 2. The van der Waals surface area contributed by atoms with E-state index < -0.39 is 11.8 Å². The molecule has 1 fully saturated rings. The Hall–Kier alpha value is -3.41. The topological polar surface area (TPSA) is 91.7 Å². The highest BCUT2D eigenvalue weighted by Gasteiger charge is 2.27. The average molecular weight is 461 g/mol. The molecule has 2 N–H and O–H groups in total. The van der Waals surface area contributed by atoms with Gasteiger partial charge in [-0.2, -0.15) is 5.26 Å². The smallest absolute Gasteiger partial charge is 0.313 e. The van der Waals surface area contributed by atoms with E-state index >= 15 is 0 Å². The van der Waals surface area contributed by atoms with Gasteiger partial charge in [-0.3, -0.25) is 14.5 Å². The summed E-state index contributed by atoms with van der Waals surface area (Å²) in [7, 11) is 4.24. The van der Waals surface area contributed by atoms with Gasteiger partial charge in [0.1, 0.15) is 6.07 Å². The number of nitriles is 1. The number of nitrogens with zero attached hydrogens (tertiary/aromatic N) is 4. The highest BCUT2D eigenvalue weighted by atomic mass is 16.2. The first-order chi connectivity index (χ1) is 16.5. The summed E-state index contributed by atoms with van der Waals surface area (Å²) in [5, 5.41) is 14.6. The van der Waals surface area contributed by atoms with Crippen LogP contribution in [0.4, 0.5) is 11.4 Å². The molecule has 1 atom stereocenters. The number of aryl methyl sites for hydroxylation is 1. The van der Waals surface area contributed by atoms with E-state index in [1.54, 1.807) is 24.3 Å². The molecule has 1 saturated heterocycles. The molecule has 8 nitrogen and oxygen atoms in total. The van der Waals surface area contributed by atoms with Crippen LogP contribution in [0.3, 0.4) is 0 Å². The molecule has 0 aliphatic carbocycles. The molecular formula is C26H32N6O2. The van der Waals surface area contributed by atoms with E-state index in [1.165, 1.54) is 11.3 Å². The highest BCUT2D eigenvalue weighted by molar-refractivity contribution is 6.39. The van der Waals surface area contributed by atoms with Gasteiger partial charge in [0.15, 0.2) is 0 Å². The number of carbonyl (C=O) groups excluding carboxylic acids is 2. The Morgan fingerprint density at radius 1 is 1.03 bits per heavy atom. The number of rotatable bonds is 5. The van der Waals surface area contributed by atoms with E-state index in [-0.39, 0.29) is 6.04 Å². The number of amides is 2. The monoisotopic (exact) mass is 460 g/mol. The third-order valence-electron chi connectivity index (χ3n) is 6.78. The van der Waals surface area contributed by atoms with Gasteiger partial charge in [0.2, 0.25) is 0 Å². The zero-order chi connectivity index (χ0) is 24.1. The Balaban J connectivity index is 1.48. The van der Waals surface area contributed by atoms with Gasteiger partial charge >= 0.3 is 11.8 Å². The van der Waals surface area contributed by atoms with Crippen LogP contribution < -0.4 is 15.5 Å². The van der Waals surface area contributed by atoms with E-state index in [0.29, 0.717) is 17.8 Å². The predicted molar refractivity (Wildman–Crippen MR) is 133 cm³/mol. The lowest BCUT2D eigenvalue weighted by Gasteiger charge is -2.39. The maximum absolute atomic E-state index is 12.7. The van der Waals surface area contributed by atoms with Gasteiger partial charge in [0, 0.05) is 52.0 Å². The van der Waals surface area contributed by atoms with Crippen LogP contribution in [-0.4, -0.2) is 75.0 Å². The molecule has 8 heteroatoms. The van der Waals surface area contributed by atoms with Crippen molar-refractivity contribution in [1.29, 1.82) is 5.26 Å². The number of hydrogen-bond donors (Lipinski definition) is 2. The van der Waals surface area contributed by atoms with Crippen LogP contribution in [0, 0.1) is 11.3 Å². The number of hydrogen-bond acceptors (Lipinski definition) is 6. The molecule has 0 aromatic heterocycles. The number of anilines is 2. The fourth-order valence-corrected chi connectivity index (χ4v) is 4.74. The molecule has 2 aliphatic heterocycles. The summed E-state index contributed by atoms with van der Waals surface area (Å²) in [6, 6.07) is 15.2. The number of carbonyl (C=O) groups is 2. The molecule has 2 aromatic carbocycles. The van der Waals surface area contributed by atoms with E-state index in [0.717, 1.165) is 51.1 Å². The van der Waals surface area contributed by atoms with Gasteiger partial charge in [0.25, 0.3) is 0 Å². The molecule has 2 heterocycles.